The number of hydrogen-bond acceptors (Lipinski definition) is 3. The van der Waals surface area contributed by atoms with Gasteiger partial charge in [-0.25, -0.2) is 0 Å². The van der Waals surface area contributed by atoms with Crippen molar-refractivity contribution in [3.8, 4) is 0 Å². The SMILES string of the molecule is CC(C)N1CCN(c2cccc(Cl)c2C(=N)N)CC1. The highest BCUT2D eigenvalue weighted by Crippen LogP contribution is 2.28. The second-order valence-electron chi connectivity index (χ2n) is 5.16. The molecular weight excluding hydrogens is 260 g/mol. The molecule has 0 bridgehead atoms. The van der Waals surface area contributed by atoms with Crippen molar-refractivity contribution in [3.05, 3.63) is 28.8 Å². The molecule has 0 radical (unpaired) electrons. The van der Waals surface area contributed by atoms with E-state index in [4.69, 9.17) is 22.7 Å². The Balaban J connectivity index is 2.20. The normalized spacial score (nSPS) is 16.9. The van der Waals surface area contributed by atoms with Crippen LogP contribution in [0.1, 0.15) is 19.4 Å². The second kappa shape index (κ2) is 5.80. The Morgan fingerprint density at radius 3 is 2.42 bits per heavy atom. The Morgan fingerprint density at radius 1 is 1.26 bits per heavy atom. The number of nitrogen functional groups attached to an aromatic ring is 1. The van der Waals surface area contributed by atoms with Crippen LogP contribution in [-0.2, 0) is 0 Å². The van der Waals surface area contributed by atoms with E-state index in [1.807, 2.05) is 12.1 Å². The zero-order valence-corrected chi connectivity index (χ0v) is 12.2. The lowest BCUT2D eigenvalue weighted by molar-refractivity contribution is 0.209. The van der Waals surface area contributed by atoms with Crippen LogP contribution >= 0.6 is 11.6 Å². The van der Waals surface area contributed by atoms with E-state index < -0.39 is 0 Å². The van der Waals surface area contributed by atoms with Crippen LogP contribution in [0.3, 0.4) is 0 Å². The van der Waals surface area contributed by atoms with Crippen molar-refractivity contribution in [2.45, 2.75) is 19.9 Å². The molecule has 1 aromatic rings. The van der Waals surface area contributed by atoms with Crippen LogP contribution in [0.4, 0.5) is 5.69 Å². The topological polar surface area (TPSA) is 56.4 Å². The highest BCUT2D eigenvalue weighted by Gasteiger charge is 2.22. The fraction of sp³-hybridized carbons (Fsp3) is 0.500. The summed E-state index contributed by atoms with van der Waals surface area (Å²) in [5.41, 5.74) is 7.29. The number of rotatable bonds is 3. The molecule has 2 rings (SSSR count). The van der Waals surface area contributed by atoms with Crippen LogP contribution in [0.25, 0.3) is 0 Å². The number of amidine groups is 1. The summed E-state index contributed by atoms with van der Waals surface area (Å²) < 4.78 is 0. The molecule has 1 saturated heterocycles. The molecule has 4 nitrogen and oxygen atoms in total. The zero-order valence-electron chi connectivity index (χ0n) is 11.5. The van der Waals surface area contributed by atoms with Crippen LogP contribution in [0, 0.1) is 5.41 Å². The molecule has 1 fully saturated rings. The number of piperazine rings is 1. The van der Waals surface area contributed by atoms with E-state index in [-0.39, 0.29) is 5.84 Å². The van der Waals surface area contributed by atoms with Gasteiger partial charge in [-0.3, -0.25) is 10.3 Å². The van der Waals surface area contributed by atoms with Crippen LogP contribution in [0.15, 0.2) is 18.2 Å². The van der Waals surface area contributed by atoms with E-state index in [1.165, 1.54) is 0 Å². The third-order valence-electron chi connectivity index (χ3n) is 3.65. The maximum Gasteiger partial charge on any atom is 0.126 e. The molecule has 0 unspecified atom stereocenters. The van der Waals surface area contributed by atoms with E-state index in [9.17, 15) is 0 Å². The molecule has 104 valence electrons. The van der Waals surface area contributed by atoms with Crippen molar-refractivity contribution in [1.29, 1.82) is 5.41 Å². The first-order valence-corrected chi connectivity index (χ1v) is 7.00. The van der Waals surface area contributed by atoms with Gasteiger partial charge in [0.05, 0.1) is 10.6 Å². The van der Waals surface area contributed by atoms with Crippen LogP contribution in [0.2, 0.25) is 5.02 Å². The number of anilines is 1. The average Bonchev–Trinajstić information content (AvgIpc) is 2.38. The Hall–Kier alpha value is -1.26. The van der Waals surface area contributed by atoms with Gasteiger partial charge in [0.1, 0.15) is 5.84 Å². The number of nitrogens with one attached hydrogen (secondary N) is 1. The van der Waals surface area contributed by atoms with Crippen molar-refractivity contribution in [1.82, 2.24) is 4.90 Å². The largest absolute Gasteiger partial charge is 0.384 e. The van der Waals surface area contributed by atoms with Gasteiger partial charge in [-0.1, -0.05) is 17.7 Å². The predicted molar refractivity (Wildman–Crippen MR) is 81.4 cm³/mol. The molecule has 3 N–H and O–H groups in total. The summed E-state index contributed by atoms with van der Waals surface area (Å²) in [5, 5.41) is 8.25. The molecule has 1 aromatic carbocycles. The van der Waals surface area contributed by atoms with Crippen LogP contribution in [-0.4, -0.2) is 43.0 Å². The number of nitrogens with zero attached hydrogens (tertiary/aromatic N) is 2. The van der Waals surface area contributed by atoms with Gasteiger partial charge >= 0.3 is 0 Å². The first-order chi connectivity index (χ1) is 9.00. The fourth-order valence-electron chi connectivity index (χ4n) is 2.52. The van der Waals surface area contributed by atoms with Crippen molar-refractivity contribution in [2.24, 2.45) is 5.73 Å². The van der Waals surface area contributed by atoms with Crippen molar-refractivity contribution in [2.75, 3.05) is 31.1 Å². The van der Waals surface area contributed by atoms with Crippen LogP contribution in [0.5, 0.6) is 0 Å². The van der Waals surface area contributed by atoms with Crippen LogP contribution < -0.4 is 10.6 Å². The molecule has 0 amide bonds. The molecule has 1 heterocycles. The Bertz CT molecular complexity index is 465. The summed E-state index contributed by atoms with van der Waals surface area (Å²) in [7, 11) is 0. The van der Waals surface area contributed by atoms with Gasteiger partial charge in [0, 0.05) is 37.9 Å². The average molecular weight is 281 g/mol. The molecule has 1 aliphatic heterocycles. The predicted octanol–water partition coefficient (Wildman–Crippen LogP) is 2.15. The number of nitrogens with two attached hydrogens (primary N) is 1. The summed E-state index contributed by atoms with van der Waals surface area (Å²) in [6.07, 6.45) is 0. The van der Waals surface area contributed by atoms with Crippen molar-refractivity contribution in [3.63, 3.8) is 0 Å². The minimum Gasteiger partial charge on any atom is -0.384 e. The van der Waals surface area contributed by atoms with E-state index >= 15 is 0 Å². The summed E-state index contributed by atoms with van der Waals surface area (Å²) in [6.45, 7) is 8.38. The number of benzene rings is 1. The van der Waals surface area contributed by atoms with E-state index in [2.05, 4.69) is 23.6 Å². The molecule has 0 aliphatic carbocycles. The van der Waals surface area contributed by atoms with Gasteiger partial charge in [0.2, 0.25) is 0 Å². The van der Waals surface area contributed by atoms with Crippen molar-refractivity contribution >= 4 is 23.1 Å². The van der Waals surface area contributed by atoms with Gasteiger partial charge < -0.3 is 10.6 Å². The maximum atomic E-state index is 7.70. The molecule has 0 saturated carbocycles. The van der Waals surface area contributed by atoms with E-state index in [0.29, 0.717) is 16.6 Å². The summed E-state index contributed by atoms with van der Waals surface area (Å²) >= 11 is 6.16. The maximum absolute atomic E-state index is 7.70. The lowest BCUT2D eigenvalue weighted by Crippen LogP contribution is -2.49. The zero-order chi connectivity index (χ0) is 14.0. The smallest absolute Gasteiger partial charge is 0.126 e. The Kier molecular flexibility index (Phi) is 4.32. The van der Waals surface area contributed by atoms with Gasteiger partial charge in [-0.05, 0) is 26.0 Å². The number of hydrogen-bond donors (Lipinski definition) is 2. The molecule has 1 aliphatic rings. The fourth-order valence-corrected chi connectivity index (χ4v) is 2.79. The summed E-state index contributed by atoms with van der Waals surface area (Å²) in [6, 6.07) is 6.27. The monoisotopic (exact) mass is 280 g/mol. The molecule has 5 heteroatoms. The Morgan fingerprint density at radius 2 is 1.89 bits per heavy atom. The molecule has 0 spiro atoms. The highest BCUT2D eigenvalue weighted by atomic mass is 35.5. The Labute approximate surface area is 119 Å². The lowest BCUT2D eigenvalue weighted by atomic mass is 10.1. The minimum absolute atomic E-state index is 0.0342. The number of halogens is 1. The first kappa shape index (κ1) is 14.2. The van der Waals surface area contributed by atoms with Gasteiger partial charge in [0.25, 0.3) is 0 Å². The first-order valence-electron chi connectivity index (χ1n) is 6.62. The van der Waals surface area contributed by atoms with Gasteiger partial charge in [-0.15, -0.1) is 0 Å². The third kappa shape index (κ3) is 3.01. The minimum atomic E-state index is 0.0342. The quantitative estimate of drug-likeness (QED) is 0.659. The molecular formula is C14H21ClN4. The summed E-state index contributed by atoms with van der Waals surface area (Å²) in [4.78, 5) is 4.72. The van der Waals surface area contributed by atoms with Crippen molar-refractivity contribution < 1.29 is 0 Å². The van der Waals surface area contributed by atoms with E-state index in [0.717, 1.165) is 31.9 Å². The standard InChI is InChI=1S/C14H21ClN4/c1-10(2)18-6-8-19(9-7-18)12-5-3-4-11(15)13(12)14(16)17/h3-5,10H,6-9H2,1-2H3,(H3,16,17). The summed E-state index contributed by atoms with van der Waals surface area (Å²) in [5.74, 6) is 0.0342. The van der Waals surface area contributed by atoms with Gasteiger partial charge in [0.15, 0.2) is 0 Å². The highest BCUT2D eigenvalue weighted by molar-refractivity contribution is 6.34. The second-order valence-corrected chi connectivity index (χ2v) is 5.57. The third-order valence-corrected chi connectivity index (χ3v) is 3.96. The van der Waals surface area contributed by atoms with Gasteiger partial charge in [-0.2, -0.15) is 0 Å². The lowest BCUT2D eigenvalue weighted by Gasteiger charge is -2.38. The molecule has 0 aromatic heterocycles. The van der Waals surface area contributed by atoms with E-state index in [1.54, 1.807) is 6.07 Å². The molecule has 0 atom stereocenters. The molecule has 19 heavy (non-hydrogen) atoms.